The molecule has 0 saturated carbocycles. The van der Waals surface area contributed by atoms with Crippen LogP contribution in [0.5, 0.6) is 5.75 Å². The Morgan fingerprint density at radius 1 is 1.53 bits per heavy atom. The van der Waals surface area contributed by atoms with Crippen molar-refractivity contribution in [3.63, 3.8) is 0 Å². The van der Waals surface area contributed by atoms with Gasteiger partial charge in [0.25, 0.3) is 0 Å². The molecule has 4 heteroatoms. The van der Waals surface area contributed by atoms with E-state index < -0.39 is 0 Å². The van der Waals surface area contributed by atoms with Crippen LogP contribution in [0.1, 0.15) is 17.8 Å². The van der Waals surface area contributed by atoms with Gasteiger partial charge in [0.05, 0.1) is 11.8 Å². The second-order valence-electron chi connectivity index (χ2n) is 4.10. The minimum atomic E-state index is -0.225. The van der Waals surface area contributed by atoms with Crippen LogP contribution >= 0.6 is 0 Å². The Labute approximate surface area is 89.2 Å². The average molecular weight is 208 g/mol. The molecule has 0 radical (unpaired) electrons. The maximum Gasteiger partial charge on any atom is 0.138 e. The van der Waals surface area contributed by atoms with Crippen molar-refractivity contribution in [2.45, 2.75) is 26.0 Å². The molecule has 0 aliphatic carbocycles. The molecule has 1 aliphatic heterocycles. The van der Waals surface area contributed by atoms with Crippen LogP contribution in [0.15, 0.2) is 12.1 Å². The van der Waals surface area contributed by atoms with Gasteiger partial charge in [-0.1, -0.05) is 0 Å². The van der Waals surface area contributed by atoms with Crippen molar-refractivity contribution in [2.24, 2.45) is 0 Å². The fourth-order valence-electron chi connectivity index (χ4n) is 1.89. The van der Waals surface area contributed by atoms with Gasteiger partial charge in [-0.2, -0.15) is 0 Å². The third-order valence-corrected chi connectivity index (χ3v) is 2.71. The number of aliphatic hydroxyl groups excluding tert-OH is 1. The monoisotopic (exact) mass is 208 g/mol. The Hall–Kier alpha value is -1.13. The van der Waals surface area contributed by atoms with Crippen molar-refractivity contribution in [1.29, 1.82) is 0 Å². The Morgan fingerprint density at radius 2 is 2.33 bits per heavy atom. The Morgan fingerprint density at radius 3 is 3.00 bits per heavy atom. The summed E-state index contributed by atoms with van der Waals surface area (Å²) in [7, 11) is 0. The van der Waals surface area contributed by atoms with Crippen molar-refractivity contribution in [3.05, 3.63) is 23.5 Å². The molecule has 0 spiro atoms. The van der Waals surface area contributed by atoms with Gasteiger partial charge in [-0.3, -0.25) is 9.88 Å². The zero-order chi connectivity index (χ0) is 10.8. The molecule has 1 fully saturated rings. The number of hydrogen-bond donors (Lipinski definition) is 2. The number of aliphatic hydroxyl groups is 1. The highest BCUT2D eigenvalue weighted by atomic mass is 16.3. The molecule has 1 atom stereocenters. The largest absolute Gasteiger partial charge is 0.506 e. The van der Waals surface area contributed by atoms with Gasteiger partial charge in [0.1, 0.15) is 5.75 Å². The van der Waals surface area contributed by atoms with Crippen LogP contribution in [0.3, 0.4) is 0 Å². The highest BCUT2D eigenvalue weighted by Crippen LogP contribution is 2.19. The normalized spacial score (nSPS) is 22.1. The molecule has 1 aromatic heterocycles. The van der Waals surface area contributed by atoms with Gasteiger partial charge < -0.3 is 10.2 Å². The topological polar surface area (TPSA) is 56.6 Å². The first-order valence-corrected chi connectivity index (χ1v) is 5.21. The highest BCUT2D eigenvalue weighted by Gasteiger charge is 2.21. The summed E-state index contributed by atoms with van der Waals surface area (Å²) in [5, 5.41) is 19.0. The van der Waals surface area contributed by atoms with E-state index in [4.69, 9.17) is 0 Å². The molecule has 15 heavy (non-hydrogen) atoms. The summed E-state index contributed by atoms with van der Waals surface area (Å²) in [5.74, 6) is 0.238. The number of β-amino-alcohol motifs (C(OH)–C–C–N with tert-alkyl or cyclic N) is 1. The number of aromatic hydroxyl groups is 1. The zero-order valence-electron chi connectivity index (χ0n) is 8.85. The Balaban J connectivity index is 2.07. The van der Waals surface area contributed by atoms with E-state index in [0.29, 0.717) is 18.8 Å². The van der Waals surface area contributed by atoms with Crippen LogP contribution in [-0.2, 0) is 6.54 Å². The van der Waals surface area contributed by atoms with Crippen LogP contribution in [-0.4, -0.2) is 39.3 Å². The van der Waals surface area contributed by atoms with Crippen LogP contribution in [0.2, 0.25) is 0 Å². The van der Waals surface area contributed by atoms with Crippen molar-refractivity contribution in [3.8, 4) is 5.75 Å². The van der Waals surface area contributed by atoms with E-state index in [1.807, 2.05) is 6.92 Å². The molecule has 4 nitrogen and oxygen atoms in total. The van der Waals surface area contributed by atoms with Gasteiger partial charge in [-0.05, 0) is 25.5 Å². The zero-order valence-corrected chi connectivity index (χ0v) is 8.85. The first-order valence-electron chi connectivity index (χ1n) is 5.21. The van der Waals surface area contributed by atoms with Gasteiger partial charge >= 0.3 is 0 Å². The van der Waals surface area contributed by atoms with Gasteiger partial charge in [0, 0.05) is 25.3 Å². The molecular weight excluding hydrogens is 192 g/mol. The number of likely N-dealkylation sites (tertiary alicyclic amines) is 1. The van der Waals surface area contributed by atoms with E-state index in [0.717, 1.165) is 18.7 Å². The fourth-order valence-corrected chi connectivity index (χ4v) is 1.89. The van der Waals surface area contributed by atoms with Crippen molar-refractivity contribution >= 4 is 0 Å². The molecule has 1 saturated heterocycles. The average Bonchev–Trinajstić information content (AvgIpc) is 2.58. The fraction of sp³-hybridized carbons (Fsp3) is 0.545. The maximum absolute atomic E-state index is 9.61. The highest BCUT2D eigenvalue weighted by molar-refractivity contribution is 5.27. The molecule has 0 amide bonds. The predicted molar refractivity (Wildman–Crippen MR) is 56.5 cm³/mol. The molecular formula is C11H16N2O2. The lowest BCUT2D eigenvalue weighted by Gasteiger charge is -2.15. The summed E-state index contributed by atoms with van der Waals surface area (Å²) in [6.07, 6.45) is 0.587. The van der Waals surface area contributed by atoms with E-state index in [1.165, 1.54) is 0 Å². The van der Waals surface area contributed by atoms with Crippen molar-refractivity contribution in [1.82, 2.24) is 9.88 Å². The summed E-state index contributed by atoms with van der Waals surface area (Å²) in [4.78, 5) is 6.39. The van der Waals surface area contributed by atoms with Crippen LogP contribution in [0.4, 0.5) is 0 Å². The lowest BCUT2D eigenvalue weighted by atomic mass is 10.2. The second-order valence-corrected chi connectivity index (χ2v) is 4.10. The smallest absolute Gasteiger partial charge is 0.138 e. The summed E-state index contributed by atoms with van der Waals surface area (Å²) < 4.78 is 0. The summed E-state index contributed by atoms with van der Waals surface area (Å²) >= 11 is 0. The molecule has 2 heterocycles. The summed E-state index contributed by atoms with van der Waals surface area (Å²) in [6, 6.07) is 3.46. The van der Waals surface area contributed by atoms with Crippen molar-refractivity contribution in [2.75, 3.05) is 13.1 Å². The Kier molecular flexibility index (Phi) is 2.88. The van der Waals surface area contributed by atoms with Crippen molar-refractivity contribution < 1.29 is 10.2 Å². The summed E-state index contributed by atoms with van der Waals surface area (Å²) in [6.45, 7) is 4.07. The number of hydrogen-bond acceptors (Lipinski definition) is 4. The van der Waals surface area contributed by atoms with E-state index in [2.05, 4.69) is 9.88 Å². The molecule has 1 aliphatic rings. The number of pyridine rings is 1. The minimum absolute atomic E-state index is 0.225. The molecule has 2 N–H and O–H groups in total. The lowest BCUT2D eigenvalue weighted by Crippen LogP contribution is -2.22. The van der Waals surface area contributed by atoms with E-state index in [9.17, 15) is 10.2 Å². The molecule has 0 unspecified atom stereocenters. The molecule has 0 bridgehead atoms. The van der Waals surface area contributed by atoms with E-state index >= 15 is 0 Å². The standard InChI is InChI=1S/C11H16N2O2/c1-8-2-3-11(15)10(12-8)7-13-5-4-9(14)6-13/h2-3,9,14-15H,4-7H2,1H3/t9-/m1/s1. The third kappa shape index (κ3) is 2.46. The number of rotatable bonds is 2. The minimum Gasteiger partial charge on any atom is -0.506 e. The SMILES string of the molecule is Cc1ccc(O)c(CN2CC[C@@H](O)C2)n1. The number of aromatic nitrogens is 1. The molecule has 2 rings (SSSR count). The predicted octanol–water partition coefficient (Wildman–Crippen LogP) is 0.662. The van der Waals surface area contributed by atoms with Crippen LogP contribution in [0, 0.1) is 6.92 Å². The lowest BCUT2D eigenvalue weighted by molar-refractivity contribution is 0.174. The maximum atomic E-state index is 9.61. The molecule has 82 valence electrons. The first kappa shape index (κ1) is 10.4. The van der Waals surface area contributed by atoms with E-state index in [-0.39, 0.29) is 11.9 Å². The second kappa shape index (κ2) is 4.16. The van der Waals surface area contributed by atoms with Gasteiger partial charge in [0.15, 0.2) is 0 Å². The summed E-state index contributed by atoms with van der Waals surface area (Å²) in [5.41, 5.74) is 1.60. The van der Waals surface area contributed by atoms with Crippen LogP contribution < -0.4 is 0 Å². The molecule has 1 aromatic rings. The van der Waals surface area contributed by atoms with Gasteiger partial charge in [-0.15, -0.1) is 0 Å². The van der Waals surface area contributed by atoms with Gasteiger partial charge in [-0.25, -0.2) is 0 Å². The number of nitrogens with zero attached hydrogens (tertiary/aromatic N) is 2. The van der Waals surface area contributed by atoms with Gasteiger partial charge in [0.2, 0.25) is 0 Å². The quantitative estimate of drug-likeness (QED) is 0.749. The number of aryl methyl sites for hydroxylation is 1. The van der Waals surface area contributed by atoms with E-state index in [1.54, 1.807) is 12.1 Å². The Bertz CT molecular complexity index is 354. The first-order chi connectivity index (χ1) is 7.15. The van der Waals surface area contributed by atoms with Crippen LogP contribution in [0.25, 0.3) is 0 Å². The third-order valence-electron chi connectivity index (χ3n) is 2.71. The molecule has 0 aromatic carbocycles.